The summed E-state index contributed by atoms with van der Waals surface area (Å²) in [6.07, 6.45) is 0.944. The first-order valence-electron chi connectivity index (χ1n) is 10.6. The summed E-state index contributed by atoms with van der Waals surface area (Å²) in [6.45, 7) is 6.04. The number of carbonyl (C=O) groups is 2. The van der Waals surface area contributed by atoms with Crippen molar-refractivity contribution in [1.29, 1.82) is 0 Å². The average Bonchev–Trinajstić information content (AvgIpc) is 3.30. The van der Waals surface area contributed by atoms with E-state index < -0.39 is 0 Å². The van der Waals surface area contributed by atoms with E-state index in [1.165, 1.54) is 10.4 Å². The van der Waals surface area contributed by atoms with Crippen LogP contribution in [0.4, 0.5) is 0 Å². The number of benzene rings is 1. The monoisotopic (exact) mass is 443 g/mol. The lowest BCUT2D eigenvalue weighted by atomic mass is 10.1. The number of fused-ring (bicyclic) bond motifs is 1. The Balaban J connectivity index is 1.34. The third-order valence-electron chi connectivity index (χ3n) is 6.26. The fourth-order valence-electron chi connectivity index (χ4n) is 4.32. The minimum absolute atomic E-state index is 0.0272. The van der Waals surface area contributed by atoms with E-state index in [9.17, 15) is 9.59 Å². The van der Waals surface area contributed by atoms with Gasteiger partial charge in [-0.3, -0.25) is 14.5 Å². The van der Waals surface area contributed by atoms with Gasteiger partial charge in [0.2, 0.25) is 5.91 Å². The Labute approximate surface area is 187 Å². The van der Waals surface area contributed by atoms with Crippen LogP contribution in [-0.2, 0) is 17.8 Å². The van der Waals surface area contributed by atoms with Gasteiger partial charge in [0.25, 0.3) is 5.91 Å². The molecule has 1 fully saturated rings. The average molecular weight is 444 g/mol. The van der Waals surface area contributed by atoms with Crippen molar-refractivity contribution >= 4 is 23.2 Å². The lowest BCUT2D eigenvalue weighted by Crippen LogP contribution is -2.55. The number of carbonyl (C=O) groups excluding carboxylic acids is 2. The summed E-state index contributed by atoms with van der Waals surface area (Å²) >= 11 is 1.78. The molecule has 1 aromatic heterocycles. The van der Waals surface area contributed by atoms with Crippen LogP contribution < -0.4 is 9.47 Å². The molecule has 4 rings (SSSR count). The molecule has 2 aliphatic heterocycles. The molecule has 0 N–H and O–H groups in total. The summed E-state index contributed by atoms with van der Waals surface area (Å²) in [7, 11) is 3.13. The fraction of sp³-hybridized carbons (Fsp3) is 0.478. The summed E-state index contributed by atoms with van der Waals surface area (Å²) in [5.74, 6) is 1.29. The van der Waals surface area contributed by atoms with Gasteiger partial charge in [-0.1, -0.05) is 0 Å². The quantitative estimate of drug-likeness (QED) is 0.711. The topological polar surface area (TPSA) is 62.3 Å². The largest absolute Gasteiger partial charge is 0.493 e. The molecular weight excluding hydrogens is 414 g/mol. The number of hydrogen-bond donors (Lipinski definition) is 0. The standard InChI is InChI=1S/C23H29N3O4S/c1-16(22(27)26-8-6-21-18(15-26)7-13-31-21)24-9-11-25(12-10-24)23(28)17-4-5-19(29-2)20(14-17)30-3/h4-5,7,13-14,16H,6,8-12,15H2,1-3H3. The molecule has 166 valence electrons. The molecule has 1 aromatic carbocycles. The number of hydrogen-bond acceptors (Lipinski definition) is 6. The lowest BCUT2D eigenvalue weighted by molar-refractivity contribution is -0.137. The van der Waals surface area contributed by atoms with E-state index >= 15 is 0 Å². The van der Waals surface area contributed by atoms with Gasteiger partial charge in [-0.25, -0.2) is 0 Å². The maximum Gasteiger partial charge on any atom is 0.254 e. The SMILES string of the molecule is COc1ccc(C(=O)N2CCN(C(C)C(=O)N3CCc4sccc4C3)CC2)cc1OC. The van der Waals surface area contributed by atoms with Crippen molar-refractivity contribution in [3.63, 3.8) is 0 Å². The fourth-order valence-corrected chi connectivity index (χ4v) is 5.21. The molecule has 0 spiro atoms. The maximum atomic E-state index is 13.1. The first-order chi connectivity index (χ1) is 15.0. The number of piperazine rings is 1. The molecule has 2 aromatic rings. The molecular formula is C23H29N3O4S. The summed E-state index contributed by atoms with van der Waals surface area (Å²) in [5, 5.41) is 2.11. The first kappa shape index (κ1) is 21.6. The molecule has 7 nitrogen and oxygen atoms in total. The van der Waals surface area contributed by atoms with Crippen molar-refractivity contribution in [3.8, 4) is 11.5 Å². The van der Waals surface area contributed by atoms with Gasteiger partial charge in [-0.15, -0.1) is 11.3 Å². The van der Waals surface area contributed by atoms with Crippen LogP contribution in [0.1, 0.15) is 27.7 Å². The zero-order valence-electron chi connectivity index (χ0n) is 18.3. The van der Waals surface area contributed by atoms with Crippen LogP contribution in [0.2, 0.25) is 0 Å². The molecule has 2 amide bonds. The molecule has 31 heavy (non-hydrogen) atoms. The molecule has 0 bridgehead atoms. The van der Waals surface area contributed by atoms with E-state index in [2.05, 4.69) is 16.3 Å². The predicted octanol–water partition coefficient (Wildman–Crippen LogP) is 2.50. The van der Waals surface area contributed by atoms with Crippen LogP contribution in [-0.4, -0.2) is 79.5 Å². The molecule has 1 unspecified atom stereocenters. The van der Waals surface area contributed by atoms with Gasteiger partial charge >= 0.3 is 0 Å². The number of amides is 2. The Morgan fingerprint density at radius 3 is 2.42 bits per heavy atom. The molecule has 8 heteroatoms. The number of methoxy groups -OCH3 is 2. The first-order valence-corrected chi connectivity index (χ1v) is 11.5. The lowest BCUT2D eigenvalue weighted by Gasteiger charge is -2.39. The molecule has 0 aliphatic carbocycles. The summed E-state index contributed by atoms with van der Waals surface area (Å²) in [5.41, 5.74) is 1.86. The van der Waals surface area contributed by atoms with Crippen LogP contribution in [0.15, 0.2) is 29.6 Å². The summed E-state index contributed by atoms with van der Waals surface area (Å²) in [6, 6.07) is 7.17. The highest BCUT2D eigenvalue weighted by Gasteiger charge is 2.32. The Bertz CT molecular complexity index is 952. The second-order valence-electron chi connectivity index (χ2n) is 7.95. The van der Waals surface area contributed by atoms with Gasteiger partial charge in [-0.05, 0) is 48.6 Å². The number of thiophene rings is 1. The van der Waals surface area contributed by atoms with Gasteiger partial charge in [0.15, 0.2) is 11.5 Å². The van der Waals surface area contributed by atoms with Gasteiger partial charge < -0.3 is 19.3 Å². The molecule has 2 aliphatic rings. The van der Waals surface area contributed by atoms with Crippen molar-refractivity contribution in [3.05, 3.63) is 45.6 Å². The van der Waals surface area contributed by atoms with Crippen molar-refractivity contribution in [2.24, 2.45) is 0 Å². The van der Waals surface area contributed by atoms with E-state index in [1.807, 2.05) is 16.7 Å². The molecule has 1 atom stereocenters. The minimum Gasteiger partial charge on any atom is -0.493 e. The number of nitrogens with zero attached hydrogens (tertiary/aromatic N) is 3. The Morgan fingerprint density at radius 1 is 0.968 bits per heavy atom. The van der Waals surface area contributed by atoms with Crippen LogP contribution in [0.5, 0.6) is 11.5 Å². The van der Waals surface area contributed by atoms with Crippen LogP contribution >= 0.6 is 11.3 Å². The van der Waals surface area contributed by atoms with Gasteiger partial charge in [0.05, 0.1) is 20.3 Å². The van der Waals surface area contributed by atoms with Crippen LogP contribution in [0.3, 0.4) is 0 Å². The van der Waals surface area contributed by atoms with Crippen molar-refractivity contribution in [2.75, 3.05) is 46.9 Å². The van der Waals surface area contributed by atoms with E-state index in [-0.39, 0.29) is 17.9 Å². The van der Waals surface area contributed by atoms with E-state index in [4.69, 9.17) is 9.47 Å². The van der Waals surface area contributed by atoms with Crippen molar-refractivity contribution in [1.82, 2.24) is 14.7 Å². The Morgan fingerprint density at radius 2 is 1.71 bits per heavy atom. The Kier molecular flexibility index (Phi) is 6.48. The van der Waals surface area contributed by atoms with Crippen molar-refractivity contribution in [2.45, 2.75) is 25.9 Å². The third kappa shape index (κ3) is 4.41. The van der Waals surface area contributed by atoms with Crippen LogP contribution in [0, 0.1) is 0 Å². The molecule has 1 saturated heterocycles. The second kappa shape index (κ2) is 9.28. The highest BCUT2D eigenvalue weighted by Crippen LogP contribution is 2.28. The smallest absolute Gasteiger partial charge is 0.254 e. The highest BCUT2D eigenvalue weighted by atomic mass is 32.1. The molecule has 0 saturated carbocycles. The minimum atomic E-state index is -0.182. The van der Waals surface area contributed by atoms with Crippen LogP contribution in [0.25, 0.3) is 0 Å². The zero-order chi connectivity index (χ0) is 22.0. The van der Waals surface area contributed by atoms with Gasteiger partial charge in [0, 0.05) is 49.7 Å². The van der Waals surface area contributed by atoms with Gasteiger partial charge in [-0.2, -0.15) is 0 Å². The van der Waals surface area contributed by atoms with E-state index in [0.717, 1.165) is 13.0 Å². The second-order valence-corrected chi connectivity index (χ2v) is 8.95. The summed E-state index contributed by atoms with van der Waals surface area (Å²) in [4.78, 5) is 33.4. The number of rotatable bonds is 5. The Hall–Kier alpha value is -2.58. The van der Waals surface area contributed by atoms with E-state index in [0.29, 0.717) is 49.8 Å². The van der Waals surface area contributed by atoms with Gasteiger partial charge in [0.1, 0.15) is 0 Å². The van der Waals surface area contributed by atoms with Crippen molar-refractivity contribution < 1.29 is 19.1 Å². The summed E-state index contributed by atoms with van der Waals surface area (Å²) < 4.78 is 10.6. The third-order valence-corrected chi connectivity index (χ3v) is 7.28. The number of ether oxygens (including phenoxy) is 2. The predicted molar refractivity (Wildman–Crippen MR) is 120 cm³/mol. The normalized spacial score (nSPS) is 17.8. The zero-order valence-corrected chi connectivity index (χ0v) is 19.1. The molecule has 3 heterocycles. The molecule has 0 radical (unpaired) electrons. The highest BCUT2D eigenvalue weighted by molar-refractivity contribution is 7.10. The van der Waals surface area contributed by atoms with E-state index in [1.54, 1.807) is 43.8 Å². The maximum absolute atomic E-state index is 13.1.